The van der Waals surface area contributed by atoms with E-state index in [-0.39, 0.29) is 29.1 Å². The number of sulfone groups is 1. The van der Waals surface area contributed by atoms with Crippen molar-refractivity contribution in [1.29, 1.82) is 0 Å². The van der Waals surface area contributed by atoms with Crippen molar-refractivity contribution in [1.82, 2.24) is 9.78 Å². The van der Waals surface area contributed by atoms with E-state index in [2.05, 4.69) is 10.4 Å². The van der Waals surface area contributed by atoms with Crippen molar-refractivity contribution in [3.63, 3.8) is 0 Å². The first kappa shape index (κ1) is 20.2. The van der Waals surface area contributed by atoms with Gasteiger partial charge >= 0.3 is 0 Å². The van der Waals surface area contributed by atoms with Crippen LogP contribution in [-0.2, 0) is 9.84 Å². The van der Waals surface area contributed by atoms with E-state index >= 15 is 0 Å². The van der Waals surface area contributed by atoms with E-state index < -0.39 is 9.84 Å². The minimum atomic E-state index is -3.10. The van der Waals surface area contributed by atoms with Gasteiger partial charge in [-0.25, -0.2) is 8.42 Å². The first-order valence-corrected chi connectivity index (χ1v) is 11.5. The molecule has 1 aliphatic rings. The predicted octanol–water partition coefficient (Wildman–Crippen LogP) is 3.48. The number of hydrogen-bond donors (Lipinski definition) is 1. The van der Waals surface area contributed by atoms with Crippen LogP contribution < -0.4 is 10.1 Å². The van der Waals surface area contributed by atoms with E-state index in [4.69, 9.17) is 4.74 Å². The Balaban J connectivity index is 1.69. The summed E-state index contributed by atoms with van der Waals surface area (Å²) in [6.07, 6.45) is 0.478. The van der Waals surface area contributed by atoms with Gasteiger partial charge in [-0.05, 0) is 55.8 Å². The van der Waals surface area contributed by atoms with Gasteiger partial charge in [0.15, 0.2) is 15.5 Å². The lowest BCUT2D eigenvalue weighted by atomic mass is 10.1. The minimum absolute atomic E-state index is 0.0247. The SMILES string of the molecule is COc1ccc(-c2cc(C(=O)Nc3ccc(C)cc3)nn2C2CCS(=O)(=O)C2)cc1. The van der Waals surface area contributed by atoms with Gasteiger partial charge in [-0.3, -0.25) is 9.48 Å². The van der Waals surface area contributed by atoms with Crippen LogP contribution in [0.4, 0.5) is 5.69 Å². The monoisotopic (exact) mass is 425 g/mol. The summed E-state index contributed by atoms with van der Waals surface area (Å²) >= 11 is 0. The molecular formula is C22H23N3O4S. The Morgan fingerprint density at radius 1 is 1.13 bits per heavy atom. The summed E-state index contributed by atoms with van der Waals surface area (Å²) in [5, 5.41) is 7.35. The van der Waals surface area contributed by atoms with E-state index in [0.29, 0.717) is 23.6 Å². The molecule has 1 aliphatic heterocycles. The Morgan fingerprint density at radius 3 is 2.43 bits per heavy atom. The van der Waals surface area contributed by atoms with E-state index in [1.54, 1.807) is 17.9 Å². The standard InChI is InChI=1S/C22H23N3O4S/c1-15-3-7-17(8-4-15)23-22(26)20-13-21(16-5-9-19(29-2)10-6-16)25(24-20)18-11-12-30(27,28)14-18/h3-10,13,18H,11-12,14H2,1-2H3,(H,23,26). The second-order valence-corrected chi connectivity index (χ2v) is 9.69. The van der Waals surface area contributed by atoms with Crippen molar-refractivity contribution in [2.75, 3.05) is 23.9 Å². The zero-order chi connectivity index (χ0) is 21.3. The summed E-state index contributed by atoms with van der Waals surface area (Å²) in [4.78, 5) is 12.8. The molecule has 0 saturated carbocycles. The Morgan fingerprint density at radius 2 is 1.83 bits per heavy atom. The van der Waals surface area contributed by atoms with Crippen molar-refractivity contribution >= 4 is 21.4 Å². The molecule has 1 unspecified atom stereocenters. The Kier molecular flexibility index (Phi) is 5.34. The number of benzene rings is 2. The van der Waals surface area contributed by atoms with Crippen LogP contribution in [0.2, 0.25) is 0 Å². The van der Waals surface area contributed by atoms with Crippen LogP contribution in [0.3, 0.4) is 0 Å². The third kappa shape index (κ3) is 4.23. The fraction of sp³-hybridized carbons (Fsp3) is 0.273. The third-order valence-electron chi connectivity index (χ3n) is 5.22. The number of anilines is 1. The van der Waals surface area contributed by atoms with Gasteiger partial charge in [0.05, 0.1) is 30.4 Å². The lowest BCUT2D eigenvalue weighted by Gasteiger charge is -2.13. The summed E-state index contributed by atoms with van der Waals surface area (Å²) in [5.41, 5.74) is 3.55. The molecule has 1 fully saturated rings. The molecule has 0 spiro atoms. The normalized spacial score (nSPS) is 17.6. The number of rotatable bonds is 5. The molecule has 2 heterocycles. The van der Waals surface area contributed by atoms with Gasteiger partial charge in [-0.2, -0.15) is 5.10 Å². The van der Waals surface area contributed by atoms with Gasteiger partial charge < -0.3 is 10.1 Å². The second kappa shape index (κ2) is 7.95. The molecule has 7 nitrogen and oxygen atoms in total. The van der Waals surface area contributed by atoms with Crippen LogP contribution in [0.1, 0.15) is 28.5 Å². The first-order chi connectivity index (χ1) is 14.3. The molecule has 3 aromatic rings. The van der Waals surface area contributed by atoms with Gasteiger partial charge in [0.1, 0.15) is 5.75 Å². The highest BCUT2D eigenvalue weighted by Crippen LogP contribution is 2.31. The number of ether oxygens (including phenoxy) is 1. The molecule has 8 heteroatoms. The molecule has 156 valence electrons. The number of hydrogen-bond acceptors (Lipinski definition) is 5. The van der Waals surface area contributed by atoms with Crippen molar-refractivity contribution < 1.29 is 17.9 Å². The number of nitrogens with zero attached hydrogens (tertiary/aromatic N) is 2. The molecule has 2 aromatic carbocycles. The molecule has 1 amide bonds. The number of aromatic nitrogens is 2. The molecule has 1 aromatic heterocycles. The highest BCUT2D eigenvalue weighted by atomic mass is 32.2. The molecule has 0 bridgehead atoms. The van der Waals surface area contributed by atoms with Crippen LogP contribution in [0.5, 0.6) is 5.75 Å². The number of carbonyl (C=O) groups is 1. The zero-order valence-electron chi connectivity index (χ0n) is 16.8. The lowest BCUT2D eigenvalue weighted by molar-refractivity contribution is 0.102. The predicted molar refractivity (Wildman–Crippen MR) is 116 cm³/mol. The van der Waals surface area contributed by atoms with Crippen molar-refractivity contribution in [3.8, 4) is 17.0 Å². The lowest BCUT2D eigenvalue weighted by Crippen LogP contribution is -2.16. The van der Waals surface area contributed by atoms with E-state index in [1.165, 1.54) is 0 Å². The van der Waals surface area contributed by atoms with Gasteiger partial charge in [-0.15, -0.1) is 0 Å². The molecule has 1 saturated heterocycles. The van der Waals surface area contributed by atoms with Crippen LogP contribution in [0, 0.1) is 6.92 Å². The van der Waals surface area contributed by atoms with Gasteiger partial charge in [0, 0.05) is 11.3 Å². The van der Waals surface area contributed by atoms with Gasteiger partial charge in [-0.1, -0.05) is 17.7 Å². The fourth-order valence-corrected chi connectivity index (χ4v) is 5.25. The van der Waals surface area contributed by atoms with E-state index in [0.717, 1.165) is 11.1 Å². The summed E-state index contributed by atoms with van der Waals surface area (Å²) < 4.78 is 30.9. The molecule has 30 heavy (non-hydrogen) atoms. The number of amides is 1. The first-order valence-electron chi connectivity index (χ1n) is 9.67. The van der Waals surface area contributed by atoms with Crippen LogP contribution in [0.15, 0.2) is 54.6 Å². The third-order valence-corrected chi connectivity index (χ3v) is 6.97. The molecule has 4 rings (SSSR count). The maximum absolute atomic E-state index is 12.8. The average molecular weight is 426 g/mol. The quantitative estimate of drug-likeness (QED) is 0.676. The van der Waals surface area contributed by atoms with Crippen molar-refractivity contribution in [2.24, 2.45) is 0 Å². The second-order valence-electron chi connectivity index (χ2n) is 7.46. The number of methoxy groups -OCH3 is 1. The number of carbonyl (C=O) groups excluding carboxylic acids is 1. The maximum atomic E-state index is 12.8. The largest absolute Gasteiger partial charge is 0.497 e. The maximum Gasteiger partial charge on any atom is 0.276 e. The van der Waals surface area contributed by atoms with Crippen LogP contribution in [0.25, 0.3) is 11.3 Å². The topological polar surface area (TPSA) is 90.3 Å². The highest BCUT2D eigenvalue weighted by molar-refractivity contribution is 7.91. The van der Waals surface area contributed by atoms with Crippen molar-refractivity contribution in [2.45, 2.75) is 19.4 Å². The Hall–Kier alpha value is -3.13. The van der Waals surface area contributed by atoms with Crippen LogP contribution >= 0.6 is 0 Å². The molecular weight excluding hydrogens is 402 g/mol. The van der Waals surface area contributed by atoms with E-state index in [1.807, 2.05) is 55.5 Å². The molecule has 0 radical (unpaired) electrons. The fourth-order valence-electron chi connectivity index (χ4n) is 3.56. The molecule has 0 aliphatic carbocycles. The summed E-state index contributed by atoms with van der Waals surface area (Å²) in [6.45, 7) is 1.98. The van der Waals surface area contributed by atoms with E-state index in [9.17, 15) is 13.2 Å². The summed E-state index contributed by atoms with van der Waals surface area (Å²) in [7, 11) is -1.50. The molecule has 1 atom stereocenters. The van der Waals surface area contributed by atoms with Crippen molar-refractivity contribution in [3.05, 3.63) is 65.9 Å². The van der Waals surface area contributed by atoms with Gasteiger partial charge in [0.25, 0.3) is 5.91 Å². The van der Waals surface area contributed by atoms with Crippen LogP contribution in [-0.4, -0.2) is 42.7 Å². The highest BCUT2D eigenvalue weighted by Gasteiger charge is 2.32. The smallest absolute Gasteiger partial charge is 0.276 e. The average Bonchev–Trinajstić information content (AvgIpc) is 3.33. The van der Waals surface area contributed by atoms with Gasteiger partial charge in [0.2, 0.25) is 0 Å². The number of aryl methyl sites for hydroxylation is 1. The summed E-state index contributed by atoms with van der Waals surface area (Å²) in [6, 6.07) is 16.3. The minimum Gasteiger partial charge on any atom is -0.497 e. The summed E-state index contributed by atoms with van der Waals surface area (Å²) in [5.74, 6) is 0.528. The zero-order valence-corrected chi connectivity index (χ0v) is 17.6. The Labute approximate surface area is 175 Å². The molecule has 1 N–H and O–H groups in total. The number of nitrogens with one attached hydrogen (secondary N) is 1. The Bertz CT molecular complexity index is 1170.